The molecule has 0 atom stereocenters. The molecule has 0 unspecified atom stereocenters. The molecule has 0 aliphatic rings. The van der Waals surface area contributed by atoms with Crippen LogP contribution in [0.1, 0.15) is 11.3 Å². The standard InChI is InChI=1S/C18H23N3O2.HI/c1-3-10-19-18(20-11-9-16-8-5-12-23-16)21-14-15-6-4-7-17(13-15)22-2;/h3-8,12-13H,1,9-11,14H2,2H3,(H2,19,20,21);1H. The monoisotopic (exact) mass is 441 g/mol. The summed E-state index contributed by atoms with van der Waals surface area (Å²) in [6.45, 7) is 5.69. The lowest BCUT2D eigenvalue weighted by atomic mass is 10.2. The van der Waals surface area contributed by atoms with Crippen molar-refractivity contribution in [2.45, 2.75) is 13.0 Å². The summed E-state index contributed by atoms with van der Waals surface area (Å²) in [7, 11) is 1.66. The highest BCUT2D eigenvalue weighted by atomic mass is 127. The Morgan fingerprint density at radius 3 is 2.88 bits per heavy atom. The lowest BCUT2D eigenvalue weighted by Gasteiger charge is -2.11. The number of methoxy groups -OCH3 is 1. The van der Waals surface area contributed by atoms with E-state index < -0.39 is 0 Å². The van der Waals surface area contributed by atoms with E-state index >= 15 is 0 Å². The molecule has 0 saturated carbocycles. The molecule has 0 fully saturated rings. The second kappa shape index (κ2) is 11.6. The number of nitrogens with zero attached hydrogens (tertiary/aromatic N) is 1. The molecule has 0 aliphatic carbocycles. The third-order valence-electron chi connectivity index (χ3n) is 3.21. The van der Waals surface area contributed by atoms with E-state index in [9.17, 15) is 0 Å². The maximum absolute atomic E-state index is 5.32. The zero-order valence-electron chi connectivity index (χ0n) is 13.8. The molecule has 0 amide bonds. The first-order valence-electron chi connectivity index (χ1n) is 7.60. The molecule has 5 nitrogen and oxygen atoms in total. The molecule has 2 aromatic rings. The van der Waals surface area contributed by atoms with Gasteiger partial charge >= 0.3 is 0 Å². The molecule has 1 aromatic heterocycles. The van der Waals surface area contributed by atoms with E-state index in [1.165, 1.54) is 0 Å². The third-order valence-corrected chi connectivity index (χ3v) is 3.21. The number of hydrogen-bond acceptors (Lipinski definition) is 3. The summed E-state index contributed by atoms with van der Waals surface area (Å²) in [6.07, 6.45) is 4.29. The van der Waals surface area contributed by atoms with E-state index in [1.54, 1.807) is 19.4 Å². The van der Waals surface area contributed by atoms with Crippen molar-refractivity contribution in [3.8, 4) is 5.75 Å². The molecule has 2 N–H and O–H groups in total. The number of guanidine groups is 1. The molecule has 0 bridgehead atoms. The molecule has 1 aromatic carbocycles. The van der Waals surface area contributed by atoms with Gasteiger partial charge in [0.15, 0.2) is 5.96 Å². The molecule has 2 rings (SSSR count). The number of furan rings is 1. The fourth-order valence-electron chi connectivity index (χ4n) is 2.04. The Morgan fingerprint density at radius 2 is 2.17 bits per heavy atom. The maximum Gasteiger partial charge on any atom is 0.191 e. The van der Waals surface area contributed by atoms with Gasteiger partial charge in [-0.3, -0.25) is 0 Å². The second-order valence-electron chi connectivity index (χ2n) is 4.94. The molecule has 6 heteroatoms. The van der Waals surface area contributed by atoms with Gasteiger partial charge in [0, 0.05) is 19.5 Å². The quantitative estimate of drug-likeness (QED) is 0.286. The van der Waals surface area contributed by atoms with Crippen LogP contribution in [0.25, 0.3) is 0 Å². The molecular weight excluding hydrogens is 417 g/mol. The Labute approximate surface area is 160 Å². The van der Waals surface area contributed by atoms with Crippen molar-refractivity contribution in [2.75, 3.05) is 20.2 Å². The Bertz CT molecular complexity index is 627. The predicted octanol–water partition coefficient (Wildman–Crippen LogP) is 3.37. The molecule has 130 valence electrons. The molecule has 0 radical (unpaired) electrons. The van der Waals surface area contributed by atoms with Gasteiger partial charge in [-0.05, 0) is 29.8 Å². The highest BCUT2D eigenvalue weighted by Gasteiger charge is 2.00. The minimum atomic E-state index is 0. The first kappa shape index (κ1) is 20.1. The number of nitrogens with one attached hydrogen (secondary N) is 2. The predicted molar refractivity (Wildman–Crippen MR) is 108 cm³/mol. The van der Waals surface area contributed by atoms with Crippen LogP contribution in [0.5, 0.6) is 5.75 Å². The Kier molecular flexibility index (Phi) is 9.67. The van der Waals surface area contributed by atoms with Gasteiger partial charge in [-0.15, -0.1) is 30.6 Å². The van der Waals surface area contributed by atoms with Crippen molar-refractivity contribution >= 4 is 29.9 Å². The van der Waals surface area contributed by atoms with Gasteiger partial charge in [0.2, 0.25) is 0 Å². The van der Waals surface area contributed by atoms with E-state index in [-0.39, 0.29) is 24.0 Å². The summed E-state index contributed by atoms with van der Waals surface area (Å²) in [5, 5.41) is 6.50. The van der Waals surface area contributed by atoms with Crippen LogP contribution in [0.3, 0.4) is 0 Å². The smallest absolute Gasteiger partial charge is 0.191 e. The van der Waals surface area contributed by atoms with Crippen LogP contribution in [-0.4, -0.2) is 26.2 Å². The van der Waals surface area contributed by atoms with Crippen LogP contribution in [-0.2, 0) is 13.0 Å². The molecule has 0 saturated heterocycles. The van der Waals surface area contributed by atoms with Crippen LogP contribution >= 0.6 is 24.0 Å². The lowest BCUT2D eigenvalue weighted by molar-refractivity contribution is 0.414. The van der Waals surface area contributed by atoms with Gasteiger partial charge in [0.1, 0.15) is 11.5 Å². The second-order valence-corrected chi connectivity index (χ2v) is 4.94. The zero-order valence-corrected chi connectivity index (χ0v) is 16.2. The zero-order chi connectivity index (χ0) is 16.3. The summed E-state index contributed by atoms with van der Waals surface area (Å²) in [6, 6.07) is 11.8. The van der Waals surface area contributed by atoms with Gasteiger partial charge in [-0.2, -0.15) is 0 Å². The highest BCUT2D eigenvalue weighted by Crippen LogP contribution is 2.13. The first-order chi connectivity index (χ1) is 11.3. The van der Waals surface area contributed by atoms with E-state index in [2.05, 4.69) is 22.2 Å². The minimum Gasteiger partial charge on any atom is -0.497 e. The summed E-state index contributed by atoms with van der Waals surface area (Å²) >= 11 is 0. The number of rotatable bonds is 8. The number of halogens is 1. The van der Waals surface area contributed by atoms with Gasteiger partial charge in [-0.1, -0.05) is 18.2 Å². The van der Waals surface area contributed by atoms with Crippen LogP contribution in [0, 0.1) is 0 Å². The van der Waals surface area contributed by atoms with Crippen LogP contribution in [0.15, 0.2) is 64.7 Å². The van der Waals surface area contributed by atoms with Crippen molar-refractivity contribution in [3.63, 3.8) is 0 Å². The normalized spacial score (nSPS) is 10.6. The Balaban J connectivity index is 0.00000288. The summed E-state index contributed by atoms with van der Waals surface area (Å²) in [4.78, 5) is 4.59. The molecule has 0 spiro atoms. The number of benzene rings is 1. The van der Waals surface area contributed by atoms with Gasteiger partial charge in [-0.25, -0.2) is 4.99 Å². The van der Waals surface area contributed by atoms with Gasteiger partial charge < -0.3 is 19.8 Å². The maximum atomic E-state index is 5.32. The van der Waals surface area contributed by atoms with Crippen LogP contribution in [0.4, 0.5) is 0 Å². The Hall–Kier alpha value is -1.96. The van der Waals surface area contributed by atoms with Crippen LogP contribution in [0.2, 0.25) is 0 Å². The van der Waals surface area contributed by atoms with Crippen molar-refractivity contribution in [2.24, 2.45) is 4.99 Å². The van der Waals surface area contributed by atoms with Crippen molar-refractivity contribution in [1.29, 1.82) is 0 Å². The molecule has 24 heavy (non-hydrogen) atoms. The number of aliphatic imine (C=N–C) groups is 1. The SMILES string of the molecule is C=CCNC(=NCc1cccc(OC)c1)NCCc1ccco1.I. The number of hydrogen-bond donors (Lipinski definition) is 2. The summed E-state index contributed by atoms with van der Waals surface area (Å²) < 4.78 is 10.6. The fourth-order valence-corrected chi connectivity index (χ4v) is 2.04. The van der Waals surface area contributed by atoms with Crippen molar-refractivity contribution in [1.82, 2.24) is 10.6 Å². The average Bonchev–Trinajstić information content (AvgIpc) is 3.10. The molecular formula is C18H24IN3O2. The highest BCUT2D eigenvalue weighted by molar-refractivity contribution is 14.0. The largest absolute Gasteiger partial charge is 0.497 e. The number of ether oxygens (including phenoxy) is 1. The van der Waals surface area contributed by atoms with E-state index in [0.717, 1.165) is 36.0 Å². The summed E-state index contributed by atoms with van der Waals surface area (Å²) in [5.74, 6) is 2.54. The van der Waals surface area contributed by atoms with E-state index in [4.69, 9.17) is 9.15 Å². The lowest BCUT2D eigenvalue weighted by Crippen LogP contribution is -2.38. The van der Waals surface area contributed by atoms with Gasteiger partial charge in [0.25, 0.3) is 0 Å². The topological polar surface area (TPSA) is 58.8 Å². The average molecular weight is 441 g/mol. The minimum absolute atomic E-state index is 0. The third kappa shape index (κ3) is 7.08. The van der Waals surface area contributed by atoms with Crippen molar-refractivity contribution in [3.05, 3.63) is 66.6 Å². The summed E-state index contributed by atoms with van der Waals surface area (Å²) in [5.41, 5.74) is 1.09. The first-order valence-corrected chi connectivity index (χ1v) is 7.60. The fraction of sp³-hybridized carbons (Fsp3) is 0.278. The van der Waals surface area contributed by atoms with Crippen LogP contribution < -0.4 is 15.4 Å². The molecule has 0 aliphatic heterocycles. The van der Waals surface area contributed by atoms with E-state index in [0.29, 0.717) is 13.1 Å². The van der Waals surface area contributed by atoms with E-state index in [1.807, 2.05) is 36.4 Å². The Morgan fingerprint density at radius 1 is 1.29 bits per heavy atom. The van der Waals surface area contributed by atoms with Crippen molar-refractivity contribution < 1.29 is 9.15 Å². The molecule has 1 heterocycles. The van der Waals surface area contributed by atoms with Gasteiger partial charge in [0.05, 0.1) is 19.9 Å².